The Kier molecular flexibility index (Phi) is 4.00. The van der Waals surface area contributed by atoms with E-state index in [2.05, 4.69) is 15.5 Å². The normalized spacial score (nSPS) is 10.1. The molecule has 0 aliphatic carbocycles. The average Bonchev–Trinajstić information content (AvgIpc) is 2.19. The fourth-order valence-corrected chi connectivity index (χ4v) is 0.759. The lowest BCUT2D eigenvalue weighted by Gasteiger charge is -2.11. The predicted octanol–water partition coefficient (Wildman–Crippen LogP) is 0.852. The van der Waals surface area contributed by atoms with Crippen molar-refractivity contribution in [1.29, 1.82) is 0 Å². The Hall–Kier alpha value is -1.49. The summed E-state index contributed by atoms with van der Waals surface area (Å²) >= 11 is 4.97. The van der Waals surface area contributed by atoms with Crippen LogP contribution in [0.4, 0.5) is 0 Å². The fraction of sp³-hybridized carbons (Fsp3) is 0.222. The molecule has 0 atom stereocenters. The minimum atomic E-state index is 0.567. The van der Waals surface area contributed by atoms with Gasteiger partial charge < -0.3 is 4.90 Å². The first-order chi connectivity index (χ1) is 6.70. The standard InChI is InChI=1S/C9H12N4S/c1-13(2)9(14)12-11-7-8-5-3-4-6-10-8/h3-7H,1-2H3,(H,12,14)/b11-7-. The van der Waals surface area contributed by atoms with E-state index in [4.69, 9.17) is 12.2 Å². The summed E-state index contributed by atoms with van der Waals surface area (Å²) in [4.78, 5) is 5.84. The molecule has 0 fully saturated rings. The number of hydrazone groups is 1. The van der Waals surface area contributed by atoms with Gasteiger partial charge in [0.2, 0.25) is 0 Å². The van der Waals surface area contributed by atoms with Gasteiger partial charge in [-0.15, -0.1) is 0 Å². The van der Waals surface area contributed by atoms with Crippen molar-refractivity contribution in [2.24, 2.45) is 5.10 Å². The third-order valence-corrected chi connectivity index (χ3v) is 1.91. The number of rotatable bonds is 2. The van der Waals surface area contributed by atoms with Crippen LogP contribution in [-0.4, -0.2) is 35.3 Å². The topological polar surface area (TPSA) is 40.5 Å². The highest BCUT2D eigenvalue weighted by molar-refractivity contribution is 7.80. The first-order valence-electron chi connectivity index (χ1n) is 4.11. The monoisotopic (exact) mass is 208 g/mol. The Morgan fingerprint density at radius 2 is 2.36 bits per heavy atom. The number of hydrogen-bond acceptors (Lipinski definition) is 3. The van der Waals surface area contributed by atoms with Crippen molar-refractivity contribution in [1.82, 2.24) is 15.3 Å². The summed E-state index contributed by atoms with van der Waals surface area (Å²) in [5, 5.41) is 4.51. The molecule has 1 aromatic heterocycles. The number of nitrogens with zero attached hydrogens (tertiary/aromatic N) is 3. The molecule has 1 aromatic rings. The molecule has 14 heavy (non-hydrogen) atoms. The van der Waals surface area contributed by atoms with Crippen molar-refractivity contribution in [3.8, 4) is 0 Å². The second kappa shape index (κ2) is 5.29. The molecule has 4 nitrogen and oxygen atoms in total. The maximum Gasteiger partial charge on any atom is 0.189 e. The molecule has 1 heterocycles. The third kappa shape index (κ3) is 3.49. The number of nitrogens with one attached hydrogen (secondary N) is 1. The van der Waals surface area contributed by atoms with Crippen LogP contribution in [0.2, 0.25) is 0 Å². The van der Waals surface area contributed by atoms with Gasteiger partial charge in [0.05, 0.1) is 11.9 Å². The lowest BCUT2D eigenvalue weighted by Crippen LogP contribution is -2.30. The Labute approximate surface area is 88.6 Å². The smallest absolute Gasteiger partial charge is 0.189 e. The van der Waals surface area contributed by atoms with Crippen molar-refractivity contribution in [3.05, 3.63) is 30.1 Å². The maximum absolute atomic E-state index is 4.97. The molecule has 0 saturated heterocycles. The van der Waals surface area contributed by atoms with Gasteiger partial charge in [-0.2, -0.15) is 5.10 Å². The van der Waals surface area contributed by atoms with Crippen LogP contribution in [0, 0.1) is 0 Å². The molecular weight excluding hydrogens is 196 g/mol. The van der Waals surface area contributed by atoms with Crippen LogP contribution in [0.15, 0.2) is 29.5 Å². The van der Waals surface area contributed by atoms with Crippen LogP contribution in [0.3, 0.4) is 0 Å². The summed E-state index contributed by atoms with van der Waals surface area (Å²) in [5.74, 6) is 0. The highest BCUT2D eigenvalue weighted by Crippen LogP contribution is 1.87. The first-order valence-corrected chi connectivity index (χ1v) is 4.52. The van der Waals surface area contributed by atoms with Gasteiger partial charge in [0, 0.05) is 20.3 Å². The molecule has 1 N–H and O–H groups in total. The summed E-state index contributed by atoms with van der Waals surface area (Å²) in [6, 6.07) is 5.62. The van der Waals surface area contributed by atoms with E-state index in [0.717, 1.165) is 5.69 Å². The van der Waals surface area contributed by atoms with Crippen LogP contribution in [-0.2, 0) is 0 Å². The zero-order valence-corrected chi connectivity index (χ0v) is 8.95. The van der Waals surface area contributed by atoms with Crippen LogP contribution < -0.4 is 5.43 Å². The van der Waals surface area contributed by atoms with E-state index in [-0.39, 0.29) is 0 Å². The number of thiocarbonyl (C=S) groups is 1. The van der Waals surface area contributed by atoms with Gasteiger partial charge in [0.25, 0.3) is 0 Å². The van der Waals surface area contributed by atoms with Crippen LogP contribution >= 0.6 is 12.2 Å². The highest BCUT2D eigenvalue weighted by Gasteiger charge is 1.93. The first kappa shape index (κ1) is 10.6. The molecular formula is C9H12N4S. The highest BCUT2D eigenvalue weighted by atomic mass is 32.1. The van der Waals surface area contributed by atoms with E-state index in [0.29, 0.717) is 5.11 Å². The molecule has 5 heteroatoms. The molecule has 74 valence electrons. The zero-order valence-electron chi connectivity index (χ0n) is 8.14. The molecule has 0 radical (unpaired) electrons. The van der Waals surface area contributed by atoms with E-state index < -0.39 is 0 Å². The number of hydrogen-bond donors (Lipinski definition) is 1. The summed E-state index contributed by atoms with van der Waals surface area (Å²) in [7, 11) is 3.71. The zero-order chi connectivity index (χ0) is 10.4. The minimum absolute atomic E-state index is 0.567. The molecule has 0 amide bonds. The predicted molar refractivity (Wildman–Crippen MR) is 61.3 cm³/mol. The van der Waals surface area contributed by atoms with Crippen LogP contribution in [0.25, 0.3) is 0 Å². The van der Waals surface area contributed by atoms with Crippen LogP contribution in [0.5, 0.6) is 0 Å². The van der Waals surface area contributed by atoms with E-state index in [1.807, 2.05) is 32.3 Å². The van der Waals surface area contributed by atoms with Crippen molar-refractivity contribution in [3.63, 3.8) is 0 Å². The summed E-state index contributed by atoms with van der Waals surface area (Å²) in [6.07, 6.45) is 3.33. The van der Waals surface area contributed by atoms with E-state index in [9.17, 15) is 0 Å². The van der Waals surface area contributed by atoms with Gasteiger partial charge in [-0.05, 0) is 24.4 Å². The largest absolute Gasteiger partial charge is 0.354 e. The number of aromatic nitrogens is 1. The maximum atomic E-state index is 4.97. The van der Waals surface area contributed by atoms with Gasteiger partial charge in [0.1, 0.15) is 0 Å². The SMILES string of the molecule is CN(C)C(=S)N/N=C\c1ccccn1. The Bertz CT molecular complexity index is 321. The van der Waals surface area contributed by atoms with Crippen molar-refractivity contribution >= 4 is 23.5 Å². The summed E-state index contributed by atoms with van der Waals surface area (Å²) in [5.41, 5.74) is 3.51. The fourth-order valence-electron chi connectivity index (χ4n) is 0.706. The van der Waals surface area contributed by atoms with Crippen molar-refractivity contribution in [2.75, 3.05) is 14.1 Å². The summed E-state index contributed by atoms with van der Waals surface area (Å²) in [6.45, 7) is 0. The molecule has 0 spiro atoms. The third-order valence-electron chi connectivity index (χ3n) is 1.45. The van der Waals surface area contributed by atoms with E-state index in [1.54, 1.807) is 17.3 Å². The quantitative estimate of drug-likeness (QED) is 0.444. The van der Waals surface area contributed by atoms with E-state index in [1.165, 1.54) is 0 Å². The second-order valence-electron chi connectivity index (χ2n) is 2.82. The van der Waals surface area contributed by atoms with Crippen LogP contribution in [0.1, 0.15) is 5.69 Å². The molecule has 0 aliphatic heterocycles. The Morgan fingerprint density at radius 1 is 1.57 bits per heavy atom. The Balaban J connectivity index is 2.46. The molecule has 0 saturated carbocycles. The molecule has 0 aromatic carbocycles. The number of pyridine rings is 1. The molecule has 0 unspecified atom stereocenters. The second-order valence-corrected chi connectivity index (χ2v) is 3.21. The average molecular weight is 208 g/mol. The van der Waals surface area contributed by atoms with Gasteiger partial charge >= 0.3 is 0 Å². The lowest BCUT2D eigenvalue weighted by molar-refractivity contribution is 0.606. The Morgan fingerprint density at radius 3 is 2.93 bits per heavy atom. The van der Waals surface area contributed by atoms with Crippen molar-refractivity contribution in [2.45, 2.75) is 0 Å². The van der Waals surface area contributed by atoms with Gasteiger partial charge in [-0.1, -0.05) is 6.07 Å². The molecule has 1 rings (SSSR count). The minimum Gasteiger partial charge on any atom is -0.354 e. The molecule has 0 bridgehead atoms. The van der Waals surface area contributed by atoms with Gasteiger partial charge in [0.15, 0.2) is 5.11 Å². The molecule has 0 aliphatic rings. The van der Waals surface area contributed by atoms with E-state index >= 15 is 0 Å². The van der Waals surface area contributed by atoms with Crippen molar-refractivity contribution < 1.29 is 0 Å². The summed E-state index contributed by atoms with van der Waals surface area (Å²) < 4.78 is 0. The van der Waals surface area contributed by atoms with Gasteiger partial charge in [-0.3, -0.25) is 10.4 Å². The lowest BCUT2D eigenvalue weighted by atomic mass is 10.4. The van der Waals surface area contributed by atoms with Gasteiger partial charge in [-0.25, -0.2) is 0 Å².